The summed E-state index contributed by atoms with van der Waals surface area (Å²) in [4.78, 5) is 15.7. The monoisotopic (exact) mass is 205 g/mol. The average molecular weight is 205 g/mol. The van der Waals surface area contributed by atoms with Gasteiger partial charge in [0.25, 0.3) is 5.91 Å². The molecule has 0 unspecified atom stereocenters. The fourth-order valence-corrected chi connectivity index (χ4v) is 1.76. The number of rotatable bonds is 1. The van der Waals surface area contributed by atoms with E-state index in [0.717, 1.165) is 17.3 Å². The maximum Gasteiger partial charge on any atom is 0.264 e. The quantitative estimate of drug-likeness (QED) is 0.677. The van der Waals surface area contributed by atoms with E-state index in [1.54, 1.807) is 24.5 Å². The molecule has 5 heteroatoms. The lowest BCUT2D eigenvalue weighted by molar-refractivity contribution is -0.115. The molecule has 2 N–H and O–H groups in total. The lowest BCUT2D eigenvalue weighted by Gasteiger charge is -1.92. The van der Waals surface area contributed by atoms with Crippen molar-refractivity contribution >= 4 is 28.9 Å². The molecular weight excluding hydrogens is 198 g/mol. The number of hydrogen-bond acceptors (Lipinski definition) is 4. The van der Waals surface area contributed by atoms with Crippen LogP contribution in [0.2, 0.25) is 0 Å². The first-order valence-corrected chi connectivity index (χ1v) is 4.77. The average Bonchev–Trinajstić information content (AvgIpc) is 2.47. The standard InChI is InChI=1S/C9H7N3OS/c10-9-12-8(13)7(14-9)4-6-2-1-3-11-5-6/h1-5H,(H2,10,12,13). The van der Waals surface area contributed by atoms with Gasteiger partial charge in [0.2, 0.25) is 0 Å². The van der Waals surface area contributed by atoms with Gasteiger partial charge in [0.15, 0.2) is 5.17 Å². The van der Waals surface area contributed by atoms with E-state index in [4.69, 9.17) is 5.41 Å². The Labute approximate surface area is 84.9 Å². The number of nitrogens with zero attached hydrogens (tertiary/aromatic N) is 1. The topological polar surface area (TPSA) is 65.8 Å². The summed E-state index contributed by atoms with van der Waals surface area (Å²) in [5, 5.41) is 9.83. The Morgan fingerprint density at radius 1 is 1.57 bits per heavy atom. The van der Waals surface area contributed by atoms with Crippen LogP contribution in [0.15, 0.2) is 29.4 Å². The fourth-order valence-electron chi connectivity index (χ4n) is 1.05. The van der Waals surface area contributed by atoms with E-state index < -0.39 is 0 Å². The van der Waals surface area contributed by atoms with Gasteiger partial charge in [-0.15, -0.1) is 0 Å². The van der Waals surface area contributed by atoms with Crippen molar-refractivity contribution < 1.29 is 4.79 Å². The second kappa shape index (κ2) is 3.63. The number of carbonyl (C=O) groups is 1. The maximum absolute atomic E-state index is 11.2. The minimum absolute atomic E-state index is 0.171. The van der Waals surface area contributed by atoms with Crippen LogP contribution in [0.5, 0.6) is 0 Å². The molecule has 1 aliphatic rings. The highest BCUT2D eigenvalue weighted by atomic mass is 32.2. The van der Waals surface area contributed by atoms with Crippen molar-refractivity contribution in [3.63, 3.8) is 0 Å². The summed E-state index contributed by atoms with van der Waals surface area (Å²) in [5.74, 6) is -0.219. The van der Waals surface area contributed by atoms with E-state index in [1.165, 1.54) is 0 Å². The van der Waals surface area contributed by atoms with Crippen molar-refractivity contribution in [1.82, 2.24) is 10.3 Å². The molecule has 1 amide bonds. The molecule has 4 nitrogen and oxygen atoms in total. The molecule has 0 aromatic carbocycles. The first-order chi connectivity index (χ1) is 6.75. The van der Waals surface area contributed by atoms with Crippen LogP contribution in [-0.4, -0.2) is 16.1 Å². The smallest absolute Gasteiger partial charge is 0.264 e. The number of amidine groups is 1. The highest BCUT2D eigenvalue weighted by Gasteiger charge is 2.21. The van der Waals surface area contributed by atoms with Gasteiger partial charge in [0.05, 0.1) is 4.91 Å². The van der Waals surface area contributed by atoms with Crippen molar-refractivity contribution in [1.29, 1.82) is 5.41 Å². The molecule has 1 aromatic rings. The molecule has 0 saturated carbocycles. The van der Waals surface area contributed by atoms with Crippen LogP contribution in [0.4, 0.5) is 0 Å². The lowest BCUT2D eigenvalue weighted by atomic mass is 10.2. The second-order valence-corrected chi connectivity index (χ2v) is 3.73. The largest absolute Gasteiger partial charge is 0.301 e. The zero-order valence-electron chi connectivity index (χ0n) is 7.15. The molecule has 2 rings (SSSR count). The Balaban J connectivity index is 2.28. The van der Waals surface area contributed by atoms with Gasteiger partial charge in [-0.3, -0.25) is 15.2 Å². The van der Waals surface area contributed by atoms with Gasteiger partial charge in [-0.1, -0.05) is 6.07 Å². The molecule has 1 saturated heterocycles. The summed E-state index contributed by atoms with van der Waals surface area (Å²) in [6.45, 7) is 0. The van der Waals surface area contributed by atoms with Crippen molar-refractivity contribution in [2.45, 2.75) is 0 Å². The molecule has 0 atom stereocenters. The molecule has 0 aliphatic carbocycles. The van der Waals surface area contributed by atoms with E-state index in [1.807, 2.05) is 6.07 Å². The maximum atomic E-state index is 11.2. The fraction of sp³-hybridized carbons (Fsp3) is 0. The molecule has 0 bridgehead atoms. The number of hydrogen-bond donors (Lipinski definition) is 2. The third kappa shape index (κ3) is 1.82. The first-order valence-electron chi connectivity index (χ1n) is 3.95. The van der Waals surface area contributed by atoms with Crippen molar-refractivity contribution in [2.75, 3.05) is 0 Å². The summed E-state index contributed by atoms with van der Waals surface area (Å²) in [6, 6.07) is 3.66. The van der Waals surface area contributed by atoms with E-state index in [-0.39, 0.29) is 11.1 Å². The SMILES string of the molecule is N=C1NC(=O)C(=Cc2cccnc2)S1. The summed E-state index contributed by atoms with van der Waals surface area (Å²) < 4.78 is 0. The normalized spacial score (nSPS) is 18.7. The number of thioether (sulfide) groups is 1. The van der Waals surface area contributed by atoms with E-state index in [0.29, 0.717) is 4.91 Å². The summed E-state index contributed by atoms with van der Waals surface area (Å²) in [7, 11) is 0. The van der Waals surface area contributed by atoms with Crippen LogP contribution >= 0.6 is 11.8 Å². The van der Waals surface area contributed by atoms with Crippen molar-refractivity contribution in [2.24, 2.45) is 0 Å². The Morgan fingerprint density at radius 2 is 2.43 bits per heavy atom. The number of nitrogens with one attached hydrogen (secondary N) is 2. The third-order valence-corrected chi connectivity index (χ3v) is 2.47. The highest BCUT2D eigenvalue weighted by molar-refractivity contribution is 8.18. The van der Waals surface area contributed by atoms with Gasteiger partial charge >= 0.3 is 0 Å². The number of carbonyl (C=O) groups excluding carboxylic acids is 1. The summed E-state index contributed by atoms with van der Waals surface area (Å²) in [5.41, 5.74) is 0.861. The predicted octanol–water partition coefficient (Wildman–Crippen LogP) is 1.22. The van der Waals surface area contributed by atoms with Gasteiger partial charge < -0.3 is 5.32 Å². The van der Waals surface area contributed by atoms with Crippen LogP contribution in [0.1, 0.15) is 5.56 Å². The van der Waals surface area contributed by atoms with Gasteiger partial charge in [-0.05, 0) is 29.5 Å². The number of amides is 1. The third-order valence-electron chi connectivity index (χ3n) is 1.65. The molecule has 2 heterocycles. The van der Waals surface area contributed by atoms with Gasteiger partial charge in [0, 0.05) is 12.4 Å². The Hall–Kier alpha value is -1.62. The Kier molecular flexibility index (Phi) is 2.32. The van der Waals surface area contributed by atoms with Gasteiger partial charge in [0.1, 0.15) is 0 Å². The zero-order chi connectivity index (χ0) is 9.97. The molecule has 14 heavy (non-hydrogen) atoms. The minimum Gasteiger partial charge on any atom is -0.301 e. The summed E-state index contributed by atoms with van der Waals surface area (Å²) >= 11 is 1.12. The lowest BCUT2D eigenvalue weighted by Crippen LogP contribution is -2.18. The van der Waals surface area contributed by atoms with Gasteiger partial charge in [-0.25, -0.2) is 0 Å². The molecule has 1 fully saturated rings. The Bertz CT molecular complexity index is 413. The van der Waals surface area contributed by atoms with Crippen LogP contribution < -0.4 is 5.32 Å². The second-order valence-electron chi connectivity index (χ2n) is 2.68. The summed E-state index contributed by atoms with van der Waals surface area (Å²) in [6.07, 6.45) is 5.06. The molecule has 1 aromatic heterocycles. The predicted molar refractivity (Wildman–Crippen MR) is 55.7 cm³/mol. The number of aromatic nitrogens is 1. The molecule has 70 valence electrons. The molecular formula is C9H7N3OS. The van der Waals surface area contributed by atoms with Crippen LogP contribution in [0, 0.1) is 5.41 Å². The molecule has 1 aliphatic heterocycles. The molecule has 0 radical (unpaired) electrons. The zero-order valence-corrected chi connectivity index (χ0v) is 7.97. The van der Waals surface area contributed by atoms with Crippen molar-refractivity contribution in [3.05, 3.63) is 35.0 Å². The van der Waals surface area contributed by atoms with Gasteiger partial charge in [-0.2, -0.15) is 0 Å². The Morgan fingerprint density at radius 3 is 3.00 bits per heavy atom. The van der Waals surface area contributed by atoms with Crippen molar-refractivity contribution in [3.8, 4) is 0 Å². The number of pyridine rings is 1. The van der Waals surface area contributed by atoms with Crippen LogP contribution in [-0.2, 0) is 4.79 Å². The van der Waals surface area contributed by atoms with E-state index >= 15 is 0 Å². The highest BCUT2D eigenvalue weighted by Crippen LogP contribution is 2.24. The van der Waals surface area contributed by atoms with E-state index in [9.17, 15) is 4.79 Å². The minimum atomic E-state index is -0.219. The first kappa shape index (κ1) is 8.96. The van der Waals surface area contributed by atoms with Crippen LogP contribution in [0.25, 0.3) is 6.08 Å². The van der Waals surface area contributed by atoms with E-state index in [2.05, 4.69) is 10.3 Å². The van der Waals surface area contributed by atoms with Crippen LogP contribution in [0.3, 0.4) is 0 Å². The molecule has 0 spiro atoms.